The van der Waals surface area contributed by atoms with E-state index in [1.165, 1.54) is 0 Å². The van der Waals surface area contributed by atoms with E-state index in [1.54, 1.807) is 6.34 Å². The first kappa shape index (κ1) is 5.65. The molecule has 3 heteroatoms. The summed E-state index contributed by atoms with van der Waals surface area (Å²) >= 11 is 0. The molecule has 10 heavy (non-hydrogen) atoms. The number of amides is 1. The minimum absolute atomic E-state index is 0.0836. The highest BCUT2D eigenvalue weighted by atomic mass is 16.2. The van der Waals surface area contributed by atoms with Crippen molar-refractivity contribution in [1.82, 2.24) is 4.90 Å². The number of hydrogen-bond acceptors (Lipinski definition) is 2. The van der Waals surface area contributed by atoms with E-state index in [2.05, 4.69) is 4.99 Å². The van der Waals surface area contributed by atoms with E-state index in [9.17, 15) is 4.79 Å². The Morgan fingerprint density at radius 2 is 2.50 bits per heavy atom. The van der Waals surface area contributed by atoms with Gasteiger partial charge in [-0.25, -0.2) is 0 Å². The van der Waals surface area contributed by atoms with Crippen LogP contribution in [0.4, 0.5) is 0 Å². The Kier molecular flexibility index (Phi) is 1.09. The fourth-order valence-electron chi connectivity index (χ4n) is 1.26. The van der Waals surface area contributed by atoms with Gasteiger partial charge in [0.05, 0.1) is 6.34 Å². The molecule has 2 aliphatic heterocycles. The molecule has 0 aromatic heterocycles. The maximum atomic E-state index is 10.9. The average molecular weight is 136 g/mol. The van der Waals surface area contributed by atoms with Crippen LogP contribution in [0.15, 0.2) is 16.8 Å². The lowest BCUT2D eigenvalue weighted by molar-refractivity contribution is -0.114. The van der Waals surface area contributed by atoms with Gasteiger partial charge in [-0.1, -0.05) is 6.08 Å². The fourth-order valence-corrected chi connectivity index (χ4v) is 1.26. The van der Waals surface area contributed by atoms with Gasteiger partial charge in [0.1, 0.15) is 5.70 Å². The molecule has 2 aliphatic rings. The molecule has 0 unspecified atom stereocenters. The molecule has 0 aromatic carbocycles. The highest BCUT2D eigenvalue weighted by Gasteiger charge is 2.22. The summed E-state index contributed by atoms with van der Waals surface area (Å²) in [5.41, 5.74) is 0.770. The van der Waals surface area contributed by atoms with Crippen molar-refractivity contribution in [2.75, 3.05) is 6.54 Å². The molecule has 0 aromatic rings. The minimum atomic E-state index is -0.0836. The predicted molar refractivity (Wildman–Crippen MR) is 37.5 cm³/mol. The van der Waals surface area contributed by atoms with Crippen LogP contribution >= 0.6 is 0 Å². The van der Waals surface area contributed by atoms with E-state index in [1.807, 2.05) is 11.0 Å². The number of carbonyl (C=O) groups excluding carboxylic acids is 1. The third-order valence-electron chi connectivity index (χ3n) is 1.78. The first-order valence-electron chi connectivity index (χ1n) is 3.43. The van der Waals surface area contributed by atoms with E-state index < -0.39 is 0 Å². The molecule has 52 valence electrons. The molecule has 0 bridgehead atoms. The smallest absolute Gasteiger partial charge is 0.294 e. The standard InChI is InChI=1S/C7H8N2O/c10-7-6-3-1-2-4-9(6)5-8-7/h3,5H,1-2,4H2. The van der Waals surface area contributed by atoms with Crippen LogP contribution in [-0.2, 0) is 4.79 Å². The molecular weight excluding hydrogens is 128 g/mol. The third-order valence-corrected chi connectivity index (χ3v) is 1.78. The number of rotatable bonds is 0. The van der Waals surface area contributed by atoms with Crippen molar-refractivity contribution in [2.45, 2.75) is 12.8 Å². The Morgan fingerprint density at radius 1 is 1.60 bits per heavy atom. The monoisotopic (exact) mass is 136 g/mol. The van der Waals surface area contributed by atoms with Gasteiger partial charge in [0.25, 0.3) is 5.91 Å². The third kappa shape index (κ3) is 0.667. The zero-order chi connectivity index (χ0) is 6.97. The van der Waals surface area contributed by atoms with Crippen molar-refractivity contribution >= 4 is 12.2 Å². The van der Waals surface area contributed by atoms with Gasteiger partial charge in [0.15, 0.2) is 0 Å². The predicted octanol–water partition coefficient (Wildman–Crippen LogP) is 0.535. The molecule has 1 amide bonds. The van der Waals surface area contributed by atoms with Crippen LogP contribution < -0.4 is 0 Å². The first-order chi connectivity index (χ1) is 4.88. The van der Waals surface area contributed by atoms with Gasteiger partial charge < -0.3 is 4.90 Å². The Bertz CT molecular complexity index is 230. The van der Waals surface area contributed by atoms with Gasteiger partial charge in [-0.15, -0.1) is 0 Å². The second kappa shape index (κ2) is 1.94. The van der Waals surface area contributed by atoms with Gasteiger partial charge in [-0.05, 0) is 12.8 Å². The fraction of sp³-hybridized carbons (Fsp3) is 0.429. The second-order valence-electron chi connectivity index (χ2n) is 2.47. The van der Waals surface area contributed by atoms with Crippen LogP contribution in [-0.4, -0.2) is 23.7 Å². The Morgan fingerprint density at radius 3 is 3.30 bits per heavy atom. The Hall–Kier alpha value is -1.12. The highest BCUT2D eigenvalue weighted by molar-refractivity contribution is 6.04. The van der Waals surface area contributed by atoms with E-state index in [4.69, 9.17) is 0 Å². The largest absolute Gasteiger partial charge is 0.328 e. The van der Waals surface area contributed by atoms with Crippen LogP contribution in [0, 0.1) is 0 Å². The highest BCUT2D eigenvalue weighted by Crippen LogP contribution is 2.17. The normalized spacial score (nSPS) is 23.0. The minimum Gasteiger partial charge on any atom is -0.328 e. The molecule has 2 rings (SSSR count). The molecule has 0 spiro atoms. The molecule has 3 nitrogen and oxygen atoms in total. The van der Waals surface area contributed by atoms with Crippen molar-refractivity contribution < 1.29 is 4.79 Å². The molecule has 0 saturated carbocycles. The van der Waals surface area contributed by atoms with Crippen LogP contribution in [0.25, 0.3) is 0 Å². The summed E-state index contributed by atoms with van der Waals surface area (Å²) in [6.07, 6.45) is 5.72. The second-order valence-corrected chi connectivity index (χ2v) is 2.47. The van der Waals surface area contributed by atoms with Crippen molar-refractivity contribution in [3.8, 4) is 0 Å². The summed E-state index contributed by atoms with van der Waals surface area (Å²) in [6, 6.07) is 0. The van der Waals surface area contributed by atoms with E-state index >= 15 is 0 Å². The first-order valence-corrected chi connectivity index (χ1v) is 3.43. The summed E-state index contributed by atoms with van der Waals surface area (Å²) in [4.78, 5) is 16.5. The summed E-state index contributed by atoms with van der Waals surface area (Å²) in [6.45, 7) is 0.946. The number of nitrogens with zero attached hydrogens (tertiary/aromatic N) is 2. The van der Waals surface area contributed by atoms with Crippen molar-refractivity contribution in [1.29, 1.82) is 0 Å². The number of carbonyl (C=O) groups is 1. The molecular formula is C7H8N2O. The lowest BCUT2D eigenvalue weighted by Crippen LogP contribution is -2.23. The summed E-state index contributed by atoms with van der Waals surface area (Å²) in [5, 5.41) is 0. The van der Waals surface area contributed by atoms with Crippen LogP contribution in [0.5, 0.6) is 0 Å². The van der Waals surface area contributed by atoms with Crippen molar-refractivity contribution in [3.63, 3.8) is 0 Å². The quantitative estimate of drug-likeness (QED) is 0.486. The van der Waals surface area contributed by atoms with Crippen molar-refractivity contribution in [2.24, 2.45) is 4.99 Å². The zero-order valence-electron chi connectivity index (χ0n) is 5.58. The SMILES string of the molecule is O=C1N=CN2CCCC=C12. The average Bonchev–Trinajstić information content (AvgIpc) is 2.34. The maximum Gasteiger partial charge on any atom is 0.294 e. The molecule has 0 aliphatic carbocycles. The van der Waals surface area contributed by atoms with Gasteiger partial charge in [-0.2, -0.15) is 4.99 Å². The van der Waals surface area contributed by atoms with Gasteiger partial charge >= 0.3 is 0 Å². The van der Waals surface area contributed by atoms with Crippen LogP contribution in [0.3, 0.4) is 0 Å². The van der Waals surface area contributed by atoms with Crippen molar-refractivity contribution in [3.05, 3.63) is 11.8 Å². The lowest BCUT2D eigenvalue weighted by atomic mass is 10.2. The van der Waals surface area contributed by atoms with Gasteiger partial charge in [-0.3, -0.25) is 4.79 Å². The molecule has 0 fully saturated rings. The summed E-state index contributed by atoms with van der Waals surface area (Å²) in [7, 11) is 0. The Balaban J connectivity index is 2.34. The van der Waals surface area contributed by atoms with Crippen LogP contribution in [0.2, 0.25) is 0 Å². The molecule has 0 atom stereocenters. The number of aliphatic imine (C=N–C) groups is 1. The van der Waals surface area contributed by atoms with E-state index in [0.717, 1.165) is 25.1 Å². The Labute approximate surface area is 59.0 Å². The molecule has 0 radical (unpaired) electrons. The van der Waals surface area contributed by atoms with E-state index in [0.29, 0.717) is 0 Å². The maximum absolute atomic E-state index is 10.9. The topological polar surface area (TPSA) is 32.7 Å². The van der Waals surface area contributed by atoms with Crippen LogP contribution in [0.1, 0.15) is 12.8 Å². The van der Waals surface area contributed by atoms with Gasteiger partial charge in [0, 0.05) is 6.54 Å². The number of allylic oxidation sites excluding steroid dienone is 1. The summed E-state index contributed by atoms with van der Waals surface area (Å²) < 4.78 is 0. The molecule has 2 heterocycles. The number of fused-ring (bicyclic) bond motifs is 1. The van der Waals surface area contributed by atoms with Gasteiger partial charge in [0.2, 0.25) is 0 Å². The van der Waals surface area contributed by atoms with E-state index in [-0.39, 0.29) is 5.91 Å². The lowest BCUT2D eigenvalue weighted by Gasteiger charge is -2.18. The summed E-state index contributed by atoms with van der Waals surface area (Å²) in [5.74, 6) is -0.0836. The molecule has 0 N–H and O–H groups in total. The molecule has 0 saturated heterocycles. The number of hydrogen-bond donors (Lipinski definition) is 0. The zero-order valence-corrected chi connectivity index (χ0v) is 5.58.